The molecule has 1 heterocycles. The van der Waals surface area contributed by atoms with Crippen LogP contribution in [0.1, 0.15) is 26.7 Å². The topological polar surface area (TPSA) is 37.4 Å². The lowest BCUT2D eigenvalue weighted by Crippen LogP contribution is -2.43. The van der Waals surface area contributed by atoms with Gasteiger partial charge in [-0.1, -0.05) is 6.92 Å². The van der Waals surface area contributed by atoms with E-state index in [0.29, 0.717) is 13.0 Å². The molecule has 0 aromatic carbocycles. The Bertz CT molecular complexity index is 213. The van der Waals surface area contributed by atoms with Gasteiger partial charge in [-0.3, -0.25) is 9.59 Å². The number of hydrogen-bond donors (Lipinski definition) is 0. The van der Waals surface area contributed by atoms with Crippen molar-refractivity contribution in [3.63, 3.8) is 0 Å². The van der Waals surface area contributed by atoms with Gasteiger partial charge in [0.05, 0.1) is 5.92 Å². The molecular formula is C10H17NO2. The summed E-state index contributed by atoms with van der Waals surface area (Å²) in [6.07, 6.45) is 1.63. The smallest absolute Gasteiger partial charge is 0.145 e. The number of nitrogens with zero attached hydrogens (tertiary/aromatic N) is 1. The van der Waals surface area contributed by atoms with E-state index >= 15 is 0 Å². The minimum atomic E-state index is -0.347. The van der Waals surface area contributed by atoms with E-state index in [1.165, 1.54) is 6.92 Å². The molecule has 13 heavy (non-hydrogen) atoms. The first-order valence-electron chi connectivity index (χ1n) is 4.90. The van der Waals surface area contributed by atoms with Crippen molar-refractivity contribution in [2.75, 3.05) is 19.6 Å². The van der Waals surface area contributed by atoms with E-state index < -0.39 is 0 Å². The molecule has 0 amide bonds. The highest BCUT2D eigenvalue weighted by Crippen LogP contribution is 2.13. The van der Waals surface area contributed by atoms with Gasteiger partial charge in [0.2, 0.25) is 0 Å². The maximum absolute atomic E-state index is 11.3. The van der Waals surface area contributed by atoms with Crippen LogP contribution in [0.15, 0.2) is 0 Å². The van der Waals surface area contributed by atoms with E-state index in [0.717, 1.165) is 19.5 Å². The molecule has 1 aliphatic heterocycles. The van der Waals surface area contributed by atoms with Gasteiger partial charge in [-0.15, -0.1) is 0 Å². The van der Waals surface area contributed by atoms with Crippen LogP contribution in [0.3, 0.4) is 0 Å². The van der Waals surface area contributed by atoms with E-state index in [4.69, 9.17) is 0 Å². The molecule has 3 nitrogen and oxygen atoms in total. The van der Waals surface area contributed by atoms with Crippen LogP contribution in [-0.2, 0) is 9.59 Å². The third-order valence-corrected chi connectivity index (χ3v) is 2.53. The van der Waals surface area contributed by atoms with Gasteiger partial charge >= 0.3 is 0 Å². The zero-order chi connectivity index (χ0) is 9.84. The summed E-state index contributed by atoms with van der Waals surface area (Å²) in [6, 6.07) is 0. The monoisotopic (exact) mass is 183 g/mol. The number of Topliss-reactive ketones (excluding diaryl/α,β-unsaturated/α-hetero) is 2. The summed E-state index contributed by atoms with van der Waals surface area (Å²) in [7, 11) is 0. The fourth-order valence-corrected chi connectivity index (χ4v) is 1.77. The van der Waals surface area contributed by atoms with Crippen molar-refractivity contribution in [2.24, 2.45) is 5.92 Å². The van der Waals surface area contributed by atoms with E-state index in [-0.39, 0.29) is 17.5 Å². The van der Waals surface area contributed by atoms with Crippen LogP contribution in [0.2, 0.25) is 0 Å². The first-order chi connectivity index (χ1) is 6.15. The number of rotatable bonds is 3. The predicted octanol–water partition coefficient (Wildman–Crippen LogP) is 0.876. The van der Waals surface area contributed by atoms with Gasteiger partial charge < -0.3 is 4.90 Å². The van der Waals surface area contributed by atoms with Crippen LogP contribution in [-0.4, -0.2) is 36.1 Å². The van der Waals surface area contributed by atoms with Gasteiger partial charge in [0, 0.05) is 19.5 Å². The number of carbonyl (C=O) groups is 2. The quantitative estimate of drug-likeness (QED) is 0.609. The molecule has 1 aliphatic rings. The van der Waals surface area contributed by atoms with Gasteiger partial charge in [-0.2, -0.15) is 0 Å². The van der Waals surface area contributed by atoms with Crippen LogP contribution in [0, 0.1) is 5.92 Å². The Balaban J connectivity index is 2.52. The second-order valence-corrected chi connectivity index (χ2v) is 3.68. The zero-order valence-corrected chi connectivity index (χ0v) is 8.38. The fraction of sp³-hybridized carbons (Fsp3) is 0.800. The van der Waals surface area contributed by atoms with Gasteiger partial charge in [0.25, 0.3) is 0 Å². The van der Waals surface area contributed by atoms with Crippen LogP contribution in [0.5, 0.6) is 0 Å². The van der Waals surface area contributed by atoms with E-state index in [2.05, 4.69) is 11.8 Å². The molecule has 0 saturated carbocycles. The Hall–Kier alpha value is -0.700. The molecule has 0 bridgehead atoms. The highest BCUT2D eigenvalue weighted by atomic mass is 16.1. The third-order valence-electron chi connectivity index (χ3n) is 2.53. The molecule has 74 valence electrons. The van der Waals surface area contributed by atoms with Gasteiger partial charge in [-0.25, -0.2) is 0 Å². The molecule has 3 heteroatoms. The summed E-state index contributed by atoms with van der Waals surface area (Å²) >= 11 is 0. The summed E-state index contributed by atoms with van der Waals surface area (Å²) in [5.74, 6) is -0.203. The first kappa shape index (κ1) is 10.4. The Labute approximate surface area is 79.1 Å². The summed E-state index contributed by atoms with van der Waals surface area (Å²) in [6.45, 7) is 6.09. The molecule has 0 N–H and O–H groups in total. The summed E-state index contributed by atoms with van der Waals surface area (Å²) in [5.41, 5.74) is 0. The molecule has 0 spiro atoms. The standard InChI is InChI=1S/C10H17NO2/c1-3-5-11-6-4-10(13)9(7-11)8(2)12/h9H,3-7H2,1-2H3/t9-/m0/s1. The second-order valence-electron chi connectivity index (χ2n) is 3.68. The molecular weight excluding hydrogens is 166 g/mol. The molecule has 1 rings (SSSR count). The summed E-state index contributed by atoms with van der Waals surface area (Å²) in [4.78, 5) is 24.7. The summed E-state index contributed by atoms with van der Waals surface area (Å²) in [5, 5.41) is 0. The highest BCUT2D eigenvalue weighted by molar-refractivity contribution is 6.02. The normalized spacial score (nSPS) is 24.8. The Morgan fingerprint density at radius 3 is 2.85 bits per heavy atom. The molecule has 0 aromatic heterocycles. The van der Waals surface area contributed by atoms with Crippen molar-refractivity contribution >= 4 is 11.6 Å². The van der Waals surface area contributed by atoms with Crippen molar-refractivity contribution in [3.8, 4) is 0 Å². The molecule has 0 aliphatic carbocycles. The SMILES string of the molecule is CCCN1CCC(=O)[C@H](C(C)=O)C1. The van der Waals surface area contributed by atoms with Gasteiger partial charge in [-0.05, 0) is 19.9 Å². The lowest BCUT2D eigenvalue weighted by molar-refractivity contribution is -0.134. The Morgan fingerprint density at radius 2 is 2.31 bits per heavy atom. The molecule has 0 aromatic rings. The maximum Gasteiger partial charge on any atom is 0.145 e. The zero-order valence-electron chi connectivity index (χ0n) is 8.38. The number of carbonyl (C=O) groups excluding carboxylic acids is 2. The van der Waals surface area contributed by atoms with Gasteiger partial charge in [0.15, 0.2) is 0 Å². The predicted molar refractivity (Wildman–Crippen MR) is 50.5 cm³/mol. The molecule has 0 unspecified atom stereocenters. The summed E-state index contributed by atoms with van der Waals surface area (Å²) < 4.78 is 0. The van der Waals surface area contributed by atoms with Crippen molar-refractivity contribution in [3.05, 3.63) is 0 Å². The van der Waals surface area contributed by atoms with Crippen molar-refractivity contribution < 1.29 is 9.59 Å². The number of hydrogen-bond acceptors (Lipinski definition) is 3. The van der Waals surface area contributed by atoms with Crippen molar-refractivity contribution in [2.45, 2.75) is 26.7 Å². The first-order valence-corrected chi connectivity index (χ1v) is 4.90. The Kier molecular flexibility index (Phi) is 3.60. The average molecular weight is 183 g/mol. The van der Waals surface area contributed by atoms with E-state index in [1.54, 1.807) is 0 Å². The average Bonchev–Trinajstić information content (AvgIpc) is 2.08. The molecule has 1 saturated heterocycles. The molecule has 1 fully saturated rings. The highest BCUT2D eigenvalue weighted by Gasteiger charge is 2.29. The minimum Gasteiger partial charge on any atom is -0.302 e. The van der Waals surface area contributed by atoms with Crippen molar-refractivity contribution in [1.29, 1.82) is 0 Å². The van der Waals surface area contributed by atoms with E-state index in [1.807, 2.05) is 0 Å². The maximum atomic E-state index is 11.3. The number of piperidine rings is 1. The number of likely N-dealkylation sites (tertiary alicyclic amines) is 1. The Morgan fingerprint density at radius 1 is 1.62 bits per heavy atom. The van der Waals surface area contributed by atoms with Crippen molar-refractivity contribution in [1.82, 2.24) is 4.90 Å². The van der Waals surface area contributed by atoms with Crippen LogP contribution in [0.25, 0.3) is 0 Å². The van der Waals surface area contributed by atoms with E-state index in [9.17, 15) is 9.59 Å². The largest absolute Gasteiger partial charge is 0.302 e. The van der Waals surface area contributed by atoms with Crippen LogP contribution >= 0.6 is 0 Å². The lowest BCUT2D eigenvalue weighted by atomic mass is 9.93. The fourth-order valence-electron chi connectivity index (χ4n) is 1.77. The third kappa shape index (κ3) is 2.62. The van der Waals surface area contributed by atoms with Gasteiger partial charge in [0.1, 0.15) is 11.6 Å². The molecule has 1 atom stereocenters. The number of ketones is 2. The molecule has 0 radical (unpaired) electrons. The van der Waals surface area contributed by atoms with Crippen LogP contribution in [0.4, 0.5) is 0 Å². The van der Waals surface area contributed by atoms with Crippen LogP contribution < -0.4 is 0 Å². The lowest BCUT2D eigenvalue weighted by Gasteiger charge is -2.29. The second kappa shape index (κ2) is 4.51. The minimum absolute atomic E-state index is 0.0193.